The van der Waals surface area contributed by atoms with E-state index in [1.165, 1.54) is 0 Å². The fourth-order valence-electron chi connectivity index (χ4n) is 4.72. The van der Waals surface area contributed by atoms with Gasteiger partial charge >= 0.3 is 0 Å². The number of aromatic nitrogens is 1. The van der Waals surface area contributed by atoms with Crippen molar-refractivity contribution < 1.29 is 18.8 Å². The number of carbonyl (C=O) groups is 2. The van der Waals surface area contributed by atoms with Gasteiger partial charge in [-0.2, -0.15) is 0 Å². The molecule has 5 atom stereocenters. The first-order valence-corrected chi connectivity index (χ1v) is 10.2. The van der Waals surface area contributed by atoms with Gasteiger partial charge in [-0.1, -0.05) is 44.0 Å². The van der Waals surface area contributed by atoms with Gasteiger partial charge in [0.1, 0.15) is 11.4 Å². The van der Waals surface area contributed by atoms with Crippen molar-refractivity contribution in [2.45, 2.75) is 64.7 Å². The molecule has 1 aromatic heterocycles. The van der Waals surface area contributed by atoms with Gasteiger partial charge < -0.3 is 14.6 Å². The zero-order valence-corrected chi connectivity index (χ0v) is 17.0. The van der Waals surface area contributed by atoms with Crippen LogP contribution in [0.5, 0.6) is 0 Å². The van der Waals surface area contributed by atoms with Crippen LogP contribution in [0.2, 0.25) is 0 Å². The number of ether oxygens (including phenoxy) is 1. The summed E-state index contributed by atoms with van der Waals surface area (Å²) < 4.78 is 11.3. The van der Waals surface area contributed by atoms with E-state index in [1.807, 2.05) is 19.1 Å². The third kappa shape index (κ3) is 3.15. The van der Waals surface area contributed by atoms with Crippen LogP contribution in [0.4, 0.5) is 5.82 Å². The van der Waals surface area contributed by atoms with Crippen LogP contribution in [0.3, 0.4) is 0 Å². The second kappa shape index (κ2) is 7.03. The molecule has 0 radical (unpaired) electrons. The van der Waals surface area contributed by atoms with Gasteiger partial charge in [-0.15, -0.1) is 0 Å². The molecule has 0 aliphatic carbocycles. The van der Waals surface area contributed by atoms with Crippen LogP contribution in [0, 0.1) is 24.7 Å². The Hall–Kier alpha value is -2.15. The predicted octanol–water partition coefficient (Wildman–Crippen LogP) is 2.60. The molecule has 0 unspecified atom stereocenters. The number of carbonyl (C=O) groups excluding carboxylic acids is 2. The summed E-state index contributed by atoms with van der Waals surface area (Å²) >= 11 is 0. The van der Waals surface area contributed by atoms with Crippen molar-refractivity contribution in [1.29, 1.82) is 0 Å². The molecule has 7 heteroatoms. The minimum absolute atomic E-state index is 0.0797. The maximum Gasteiger partial charge on any atom is 0.235 e. The molecular weight excluding hydrogens is 358 g/mol. The molecule has 2 fully saturated rings. The van der Waals surface area contributed by atoms with Crippen molar-refractivity contribution in [1.82, 2.24) is 10.5 Å². The first-order valence-electron chi connectivity index (χ1n) is 10.2. The maximum absolute atomic E-state index is 13.2. The van der Waals surface area contributed by atoms with Crippen LogP contribution >= 0.6 is 0 Å². The Labute approximate surface area is 165 Å². The van der Waals surface area contributed by atoms with E-state index in [0.29, 0.717) is 24.0 Å². The number of aryl methyl sites for hydroxylation is 1. The van der Waals surface area contributed by atoms with Gasteiger partial charge in [-0.25, -0.2) is 0 Å². The van der Waals surface area contributed by atoms with Crippen molar-refractivity contribution in [2.24, 2.45) is 17.8 Å². The van der Waals surface area contributed by atoms with E-state index in [2.05, 4.69) is 24.3 Å². The Bertz CT molecular complexity index is 801. The Morgan fingerprint density at radius 3 is 2.86 bits per heavy atom. The molecule has 2 amide bonds. The normalized spacial score (nSPS) is 31.7. The number of fused-ring (bicyclic) bond motifs is 1. The van der Waals surface area contributed by atoms with E-state index >= 15 is 0 Å². The summed E-state index contributed by atoms with van der Waals surface area (Å²) in [5, 5.41) is 7.08. The van der Waals surface area contributed by atoms with Crippen LogP contribution < -0.4 is 10.2 Å². The van der Waals surface area contributed by atoms with E-state index in [0.717, 1.165) is 19.3 Å². The van der Waals surface area contributed by atoms with E-state index in [1.54, 1.807) is 17.9 Å². The molecule has 0 aromatic carbocycles. The number of anilines is 1. The molecule has 3 aliphatic rings. The highest BCUT2D eigenvalue weighted by atomic mass is 16.5. The molecule has 2 saturated heterocycles. The zero-order chi connectivity index (χ0) is 20.1. The van der Waals surface area contributed by atoms with Crippen LogP contribution in [0.15, 0.2) is 22.7 Å². The minimum Gasteiger partial charge on any atom is -0.360 e. The average molecular weight is 387 g/mol. The number of nitrogens with one attached hydrogen (secondary N) is 1. The topological polar surface area (TPSA) is 84.7 Å². The van der Waals surface area contributed by atoms with Gasteiger partial charge in [0.25, 0.3) is 0 Å². The first kappa shape index (κ1) is 19.2. The van der Waals surface area contributed by atoms with Gasteiger partial charge in [0.2, 0.25) is 11.8 Å². The maximum atomic E-state index is 13.2. The molecule has 4 rings (SSSR count). The van der Waals surface area contributed by atoms with Crippen molar-refractivity contribution in [3.63, 3.8) is 0 Å². The molecule has 1 spiro atoms. The fourth-order valence-corrected chi connectivity index (χ4v) is 4.72. The number of hydrogen-bond acceptors (Lipinski definition) is 5. The van der Waals surface area contributed by atoms with Crippen LogP contribution in [-0.4, -0.2) is 41.3 Å². The van der Waals surface area contributed by atoms with Gasteiger partial charge in [-0.3, -0.25) is 14.5 Å². The molecular formula is C21H29N3O4. The Morgan fingerprint density at radius 1 is 1.39 bits per heavy atom. The summed E-state index contributed by atoms with van der Waals surface area (Å²) in [5.74, 6) is 0.563. The number of amides is 2. The van der Waals surface area contributed by atoms with Crippen LogP contribution in [-0.2, 0) is 14.3 Å². The Balaban J connectivity index is 1.46. The predicted molar refractivity (Wildman–Crippen MR) is 104 cm³/mol. The lowest BCUT2D eigenvalue weighted by molar-refractivity contribution is -0.132. The highest BCUT2D eigenvalue weighted by molar-refractivity contribution is 6.02. The van der Waals surface area contributed by atoms with E-state index in [4.69, 9.17) is 9.26 Å². The second-order valence-electron chi connectivity index (χ2n) is 8.85. The quantitative estimate of drug-likeness (QED) is 0.727. The number of hydrogen-bond donors (Lipinski definition) is 1. The monoisotopic (exact) mass is 387 g/mol. The third-order valence-electron chi connectivity index (χ3n) is 6.10. The molecule has 7 nitrogen and oxygen atoms in total. The summed E-state index contributed by atoms with van der Waals surface area (Å²) in [7, 11) is 0. The molecule has 1 aromatic rings. The molecule has 3 aliphatic heterocycles. The highest BCUT2D eigenvalue weighted by Crippen LogP contribution is 2.52. The van der Waals surface area contributed by atoms with Gasteiger partial charge in [0.15, 0.2) is 5.82 Å². The Morgan fingerprint density at radius 2 is 2.18 bits per heavy atom. The average Bonchev–Trinajstić information content (AvgIpc) is 3.35. The molecule has 4 heterocycles. The van der Waals surface area contributed by atoms with Crippen LogP contribution in [0.1, 0.15) is 45.8 Å². The van der Waals surface area contributed by atoms with Gasteiger partial charge in [-0.05, 0) is 26.2 Å². The number of rotatable bonds is 7. The largest absolute Gasteiger partial charge is 0.360 e. The lowest BCUT2D eigenvalue weighted by Gasteiger charge is -2.25. The molecule has 152 valence electrons. The van der Waals surface area contributed by atoms with E-state index < -0.39 is 17.4 Å². The third-order valence-corrected chi connectivity index (χ3v) is 6.10. The summed E-state index contributed by atoms with van der Waals surface area (Å²) in [6, 6.07) is 1.81. The fraction of sp³-hybridized carbons (Fsp3) is 0.667. The SMILES string of the molecule is Cc1cc(N2C[C@@]34C=C[C@@H](O3)[C@@H](C(=O)N[C@@H](C)CCCC(C)C)[C@@H]4C2=O)no1. The molecule has 2 bridgehead atoms. The summed E-state index contributed by atoms with van der Waals surface area (Å²) in [6.45, 7) is 8.59. The van der Waals surface area contributed by atoms with Crippen LogP contribution in [0.25, 0.3) is 0 Å². The highest BCUT2D eigenvalue weighted by Gasteiger charge is 2.67. The zero-order valence-electron chi connectivity index (χ0n) is 17.0. The summed E-state index contributed by atoms with van der Waals surface area (Å²) in [5.41, 5.74) is -0.739. The minimum atomic E-state index is -0.739. The second-order valence-corrected chi connectivity index (χ2v) is 8.85. The van der Waals surface area contributed by atoms with E-state index in [9.17, 15) is 9.59 Å². The lowest BCUT2D eigenvalue weighted by atomic mass is 9.76. The van der Waals surface area contributed by atoms with Crippen molar-refractivity contribution >= 4 is 17.6 Å². The summed E-state index contributed by atoms with van der Waals surface area (Å²) in [6.07, 6.45) is 6.70. The molecule has 1 N–H and O–H groups in total. The standard InChI is InChI=1S/C21H29N3O4/c1-12(2)6-5-7-13(3)22-19(25)17-15-8-9-21(27-15)11-24(20(26)18(17)21)16-10-14(4)28-23-16/h8-10,12-13,15,17-18H,5-7,11H2,1-4H3,(H,22,25)/t13-,15+,17+,18+,21+/m0/s1. The Kier molecular flexibility index (Phi) is 4.81. The van der Waals surface area contributed by atoms with Gasteiger partial charge in [0, 0.05) is 12.1 Å². The first-order chi connectivity index (χ1) is 13.3. The molecule has 28 heavy (non-hydrogen) atoms. The summed E-state index contributed by atoms with van der Waals surface area (Å²) in [4.78, 5) is 27.8. The van der Waals surface area contributed by atoms with Crippen molar-refractivity contribution in [3.8, 4) is 0 Å². The van der Waals surface area contributed by atoms with E-state index in [-0.39, 0.29) is 24.0 Å². The lowest BCUT2D eigenvalue weighted by Crippen LogP contribution is -2.46. The number of nitrogens with zero attached hydrogens (tertiary/aromatic N) is 2. The van der Waals surface area contributed by atoms with Gasteiger partial charge in [0.05, 0.1) is 24.5 Å². The van der Waals surface area contributed by atoms with Crippen molar-refractivity contribution in [2.75, 3.05) is 11.4 Å². The molecule has 0 saturated carbocycles. The smallest absolute Gasteiger partial charge is 0.235 e. The van der Waals surface area contributed by atoms with Crippen molar-refractivity contribution in [3.05, 3.63) is 24.0 Å².